The molecule has 8 heteroatoms. The van der Waals surface area contributed by atoms with Crippen LogP contribution in [0.5, 0.6) is 11.5 Å². The maximum Gasteiger partial charge on any atom is 0.292 e. The number of hydrogen-bond acceptors (Lipinski definition) is 5. The number of H-pyrrole nitrogens is 1. The van der Waals surface area contributed by atoms with Crippen molar-refractivity contribution in [2.75, 3.05) is 0 Å². The molecule has 0 aliphatic heterocycles. The van der Waals surface area contributed by atoms with Gasteiger partial charge in [0.05, 0.1) is 21.8 Å². The van der Waals surface area contributed by atoms with E-state index >= 15 is 0 Å². The molecule has 0 spiro atoms. The minimum absolute atomic E-state index is 0.124. The van der Waals surface area contributed by atoms with E-state index in [-0.39, 0.29) is 5.75 Å². The zero-order valence-electron chi connectivity index (χ0n) is 12.6. The highest BCUT2D eigenvalue weighted by atomic mass is 35.5. The van der Waals surface area contributed by atoms with Gasteiger partial charge in [0.1, 0.15) is 11.4 Å². The molecule has 0 aliphatic rings. The minimum atomic E-state index is -0.403. The largest absolute Gasteiger partial charge is 0.450 e. The van der Waals surface area contributed by atoms with Gasteiger partial charge in [-0.05, 0) is 24.3 Å². The second-order valence-corrected chi connectivity index (χ2v) is 6.53. The van der Waals surface area contributed by atoms with E-state index < -0.39 is 5.56 Å². The van der Waals surface area contributed by atoms with Gasteiger partial charge in [0.25, 0.3) is 5.56 Å². The number of para-hydroxylation sites is 1. The summed E-state index contributed by atoms with van der Waals surface area (Å²) in [5.41, 5.74) is 0.823. The van der Waals surface area contributed by atoms with Crippen molar-refractivity contribution in [3.63, 3.8) is 0 Å². The van der Waals surface area contributed by atoms with Gasteiger partial charge in [-0.1, -0.05) is 23.7 Å². The van der Waals surface area contributed by atoms with Crippen LogP contribution in [-0.2, 0) is 0 Å². The van der Waals surface area contributed by atoms with E-state index in [9.17, 15) is 9.59 Å². The number of rotatable bonds is 4. The van der Waals surface area contributed by atoms with Gasteiger partial charge in [-0.2, -0.15) is 5.10 Å². The number of fused-ring (bicyclic) bond motifs is 1. The maximum absolute atomic E-state index is 12.4. The second kappa shape index (κ2) is 6.19. The first-order valence-electron chi connectivity index (χ1n) is 7.23. The van der Waals surface area contributed by atoms with E-state index in [1.807, 2.05) is 0 Å². The zero-order chi connectivity index (χ0) is 17.4. The zero-order valence-corrected chi connectivity index (χ0v) is 14.2. The highest BCUT2D eigenvalue weighted by molar-refractivity contribution is 7.12. The third-order valence-electron chi connectivity index (χ3n) is 3.56. The van der Waals surface area contributed by atoms with Gasteiger partial charge in [0.15, 0.2) is 12.0 Å². The number of aromatic amines is 1. The fourth-order valence-electron chi connectivity index (χ4n) is 2.40. The summed E-state index contributed by atoms with van der Waals surface area (Å²) in [7, 11) is 0. The Bertz CT molecular complexity index is 1150. The lowest BCUT2D eigenvalue weighted by molar-refractivity contribution is 0.112. The average molecular weight is 372 g/mol. The number of hydrogen-bond donors (Lipinski definition) is 1. The standard InChI is InChI=1S/C17H10ClN3O3S/c18-13-3-1-2-4-14(13)24-15-5-10-7-19-21(16(10)20-17(15)23)11-6-12(8-22)25-9-11/h1-9H,(H,20,23). The Morgan fingerprint density at radius 3 is 2.84 bits per heavy atom. The summed E-state index contributed by atoms with van der Waals surface area (Å²) in [4.78, 5) is 26.6. The lowest BCUT2D eigenvalue weighted by atomic mass is 10.3. The highest BCUT2D eigenvalue weighted by Gasteiger charge is 2.13. The fourth-order valence-corrected chi connectivity index (χ4v) is 3.24. The molecule has 0 saturated carbocycles. The van der Waals surface area contributed by atoms with E-state index in [1.54, 1.807) is 52.7 Å². The molecule has 4 aromatic rings. The summed E-state index contributed by atoms with van der Waals surface area (Å²) in [6.07, 6.45) is 2.39. The van der Waals surface area contributed by atoms with Crippen LogP contribution in [0.25, 0.3) is 16.7 Å². The van der Waals surface area contributed by atoms with Gasteiger partial charge in [0.2, 0.25) is 0 Å². The van der Waals surface area contributed by atoms with Gasteiger partial charge in [-0.3, -0.25) is 9.59 Å². The van der Waals surface area contributed by atoms with Crippen molar-refractivity contribution in [1.29, 1.82) is 0 Å². The van der Waals surface area contributed by atoms with Crippen LogP contribution in [0.1, 0.15) is 9.67 Å². The van der Waals surface area contributed by atoms with E-state index in [0.29, 0.717) is 32.4 Å². The van der Waals surface area contributed by atoms with Crippen LogP contribution in [0.4, 0.5) is 0 Å². The van der Waals surface area contributed by atoms with Crippen molar-refractivity contribution in [3.8, 4) is 17.2 Å². The smallest absolute Gasteiger partial charge is 0.292 e. The number of carbonyl (C=O) groups excluding carboxylic acids is 1. The van der Waals surface area contributed by atoms with Crippen molar-refractivity contribution < 1.29 is 9.53 Å². The molecule has 0 unspecified atom stereocenters. The molecule has 1 N–H and O–H groups in total. The molecule has 25 heavy (non-hydrogen) atoms. The Hall–Kier alpha value is -2.90. The molecule has 1 aromatic carbocycles. The van der Waals surface area contributed by atoms with E-state index in [2.05, 4.69) is 10.1 Å². The van der Waals surface area contributed by atoms with E-state index in [4.69, 9.17) is 16.3 Å². The number of nitrogens with one attached hydrogen (secondary N) is 1. The predicted molar refractivity (Wildman–Crippen MR) is 96.5 cm³/mol. The lowest BCUT2D eigenvalue weighted by Gasteiger charge is -2.07. The Morgan fingerprint density at radius 1 is 1.24 bits per heavy atom. The third-order valence-corrected chi connectivity index (χ3v) is 4.72. The number of aromatic nitrogens is 3. The average Bonchev–Trinajstić information content (AvgIpc) is 3.23. The van der Waals surface area contributed by atoms with Gasteiger partial charge >= 0.3 is 0 Å². The number of thiophene rings is 1. The molecular weight excluding hydrogens is 362 g/mol. The van der Waals surface area contributed by atoms with Crippen LogP contribution in [0.15, 0.2) is 52.8 Å². The van der Waals surface area contributed by atoms with Crippen LogP contribution in [-0.4, -0.2) is 21.1 Å². The Labute approximate surface area is 150 Å². The molecule has 0 radical (unpaired) electrons. The SMILES string of the molecule is O=Cc1cc(-n2ncc3cc(Oc4ccccc4Cl)c(=O)[nH]c32)cs1. The molecule has 4 rings (SSSR count). The molecule has 0 aliphatic carbocycles. The number of ether oxygens (including phenoxy) is 1. The topological polar surface area (TPSA) is 77.0 Å². The minimum Gasteiger partial charge on any atom is -0.450 e. The van der Waals surface area contributed by atoms with E-state index in [1.165, 1.54) is 11.3 Å². The summed E-state index contributed by atoms with van der Waals surface area (Å²) < 4.78 is 7.20. The predicted octanol–water partition coefficient (Wildman–Crippen LogP) is 4.03. The van der Waals surface area contributed by atoms with Gasteiger partial charge in [-0.25, -0.2) is 4.68 Å². The summed E-state index contributed by atoms with van der Waals surface area (Å²) in [6.45, 7) is 0. The van der Waals surface area contributed by atoms with Crippen molar-refractivity contribution in [1.82, 2.24) is 14.8 Å². The van der Waals surface area contributed by atoms with Gasteiger partial charge in [-0.15, -0.1) is 11.3 Å². The quantitative estimate of drug-likeness (QED) is 0.549. The van der Waals surface area contributed by atoms with Crippen LogP contribution >= 0.6 is 22.9 Å². The molecule has 0 bridgehead atoms. The van der Waals surface area contributed by atoms with E-state index in [0.717, 1.165) is 6.29 Å². The van der Waals surface area contributed by atoms with Crippen molar-refractivity contribution in [2.45, 2.75) is 0 Å². The molecular formula is C17H10ClN3O3S. The van der Waals surface area contributed by atoms with Crippen LogP contribution in [0.3, 0.4) is 0 Å². The molecule has 0 fully saturated rings. The first-order valence-corrected chi connectivity index (χ1v) is 8.49. The highest BCUT2D eigenvalue weighted by Crippen LogP contribution is 2.28. The number of aldehydes is 1. The van der Waals surface area contributed by atoms with Gasteiger partial charge in [0, 0.05) is 10.8 Å². The molecule has 6 nitrogen and oxygen atoms in total. The number of benzene rings is 1. The number of halogens is 1. The molecule has 124 valence electrons. The monoisotopic (exact) mass is 371 g/mol. The maximum atomic E-state index is 12.4. The van der Waals surface area contributed by atoms with Crippen LogP contribution in [0, 0.1) is 0 Å². The summed E-state index contributed by atoms with van der Waals surface area (Å²) in [5, 5.41) is 7.18. The summed E-state index contributed by atoms with van der Waals surface area (Å²) in [5.74, 6) is 0.522. The molecule has 0 amide bonds. The van der Waals surface area contributed by atoms with Gasteiger partial charge < -0.3 is 9.72 Å². The molecule has 0 atom stereocenters. The van der Waals surface area contributed by atoms with Crippen molar-refractivity contribution >= 4 is 40.3 Å². The number of pyridine rings is 1. The summed E-state index contributed by atoms with van der Waals surface area (Å²) >= 11 is 7.37. The third kappa shape index (κ3) is 2.84. The number of carbonyl (C=O) groups is 1. The number of nitrogens with zero attached hydrogens (tertiary/aromatic N) is 2. The fraction of sp³-hybridized carbons (Fsp3) is 0. The molecule has 3 heterocycles. The second-order valence-electron chi connectivity index (χ2n) is 5.18. The van der Waals surface area contributed by atoms with Crippen molar-refractivity contribution in [2.24, 2.45) is 0 Å². The normalized spacial score (nSPS) is 10.9. The Kier molecular flexibility index (Phi) is 3.87. The van der Waals surface area contributed by atoms with Crippen molar-refractivity contribution in [3.05, 3.63) is 68.2 Å². The summed E-state index contributed by atoms with van der Waals surface area (Å²) in [6, 6.07) is 10.2. The lowest BCUT2D eigenvalue weighted by Crippen LogP contribution is -2.10. The van der Waals surface area contributed by atoms with Crippen LogP contribution in [0.2, 0.25) is 5.02 Å². The Morgan fingerprint density at radius 2 is 2.08 bits per heavy atom. The molecule has 3 aromatic heterocycles. The first kappa shape index (κ1) is 15.6. The first-order chi connectivity index (χ1) is 12.2. The van der Waals surface area contributed by atoms with Crippen LogP contribution < -0.4 is 10.3 Å². The Balaban J connectivity index is 1.78. The molecule has 0 saturated heterocycles.